The molecule has 134 valence electrons. The Morgan fingerprint density at radius 3 is 2.42 bits per heavy atom. The summed E-state index contributed by atoms with van der Waals surface area (Å²) < 4.78 is 26.0. The summed E-state index contributed by atoms with van der Waals surface area (Å²) in [6.45, 7) is 2.38. The number of nitrogens with one attached hydrogen (secondary N) is 1. The molecule has 0 spiro atoms. The zero-order chi connectivity index (χ0) is 16.8. The van der Waals surface area contributed by atoms with Crippen molar-refractivity contribution in [3.63, 3.8) is 0 Å². The number of rotatable bonds is 6. The zero-order valence-corrected chi connectivity index (χ0v) is 14.5. The lowest BCUT2D eigenvalue weighted by atomic mass is 9.96. The number of likely N-dealkylation sites (tertiary alicyclic amines) is 1. The average molecular weight is 361 g/mol. The van der Waals surface area contributed by atoms with Gasteiger partial charge in [-0.15, -0.1) is 12.4 Å². The molecule has 7 heteroatoms. The molecule has 0 radical (unpaired) electrons. The molecule has 0 aromatic heterocycles. The van der Waals surface area contributed by atoms with Crippen LogP contribution in [0.5, 0.6) is 0 Å². The van der Waals surface area contributed by atoms with Crippen LogP contribution in [0.1, 0.15) is 36.0 Å². The fourth-order valence-corrected chi connectivity index (χ4v) is 2.87. The first-order valence-electron chi connectivity index (χ1n) is 7.92. The Balaban J connectivity index is 0.00000288. The predicted molar refractivity (Wildman–Crippen MR) is 90.4 cm³/mol. The van der Waals surface area contributed by atoms with Gasteiger partial charge in [0, 0.05) is 31.5 Å². The Kier molecular flexibility index (Phi) is 8.28. The van der Waals surface area contributed by atoms with E-state index in [9.17, 15) is 18.4 Å². The lowest BCUT2D eigenvalue weighted by Crippen LogP contribution is -2.40. The maximum atomic E-state index is 13.1. The van der Waals surface area contributed by atoms with Crippen LogP contribution in [0.2, 0.25) is 0 Å². The Morgan fingerprint density at radius 2 is 1.83 bits per heavy atom. The van der Waals surface area contributed by atoms with E-state index in [1.54, 1.807) is 4.90 Å². The van der Waals surface area contributed by atoms with Crippen molar-refractivity contribution in [1.82, 2.24) is 10.2 Å². The number of halogens is 3. The Hall–Kier alpha value is -1.53. The first-order valence-corrected chi connectivity index (χ1v) is 7.92. The molecule has 1 fully saturated rings. The molecule has 0 atom stereocenters. The molecule has 1 aromatic rings. The summed E-state index contributed by atoms with van der Waals surface area (Å²) in [5, 5.41) is 3.14. The summed E-state index contributed by atoms with van der Waals surface area (Å²) in [5.74, 6) is -1.84. The van der Waals surface area contributed by atoms with Gasteiger partial charge in [-0.05, 0) is 50.6 Å². The Morgan fingerprint density at radius 1 is 1.17 bits per heavy atom. The summed E-state index contributed by atoms with van der Waals surface area (Å²) in [7, 11) is 1.92. The number of nitrogens with zero attached hydrogens (tertiary/aromatic N) is 1. The lowest BCUT2D eigenvalue weighted by Gasteiger charge is -2.32. The van der Waals surface area contributed by atoms with Crippen molar-refractivity contribution in [2.75, 3.05) is 26.7 Å². The molecule has 1 aromatic carbocycles. The van der Waals surface area contributed by atoms with E-state index >= 15 is 0 Å². The van der Waals surface area contributed by atoms with Gasteiger partial charge in [-0.25, -0.2) is 8.78 Å². The van der Waals surface area contributed by atoms with Crippen LogP contribution in [0.4, 0.5) is 8.78 Å². The fourth-order valence-electron chi connectivity index (χ4n) is 2.87. The van der Waals surface area contributed by atoms with Crippen molar-refractivity contribution in [1.29, 1.82) is 0 Å². The van der Waals surface area contributed by atoms with Gasteiger partial charge in [0.15, 0.2) is 17.4 Å². The van der Waals surface area contributed by atoms with Crippen LogP contribution in [-0.2, 0) is 4.79 Å². The van der Waals surface area contributed by atoms with Crippen LogP contribution in [0, 0.1) is 17.6 Å². The summed E-state index contributed by atoms with van der Waals surface area (Å²) in [4.78, 5) is 25.9. The summed E-state index contributed by atoms with van der Waals surface area (Å²) in [6, 6.07) is 3.05. The minimum absolute atomic E-state index is 0. The van der Waals surface area contributed by atoms with Crippen molar-refractivity contribution in [2.45, 2.75) is 25.7 Å². The Labute approximate surface area is 147 Å². The molecule has 2 rings (SSSR count). The molecule has 0 unspecified atom stereocenters. The van der Waals surface area contributed by atoms with Crippen molar-refractivity contribution < 1.29 is 18.4 Å². The molecular weight excluding hydrogens is 338 g/mol. The number of hydrogen-bond donors (Lipinski definition) is 1. The molecule has 24 heavy (non-hydrogen) atoms. The summed E-state index contributed by atoms with van der Waals surface area (Å²) in [6.07, 6.45) is 2.04. The second-order valence-corrected chi connectivity index (χ2v) is 5.93. The maximum Gasteiger partial charge on any atom is 0.223 e. The van der Waals surface area contributed by atoms with E-state index in [1.807, 2.05) is 7.05 Å². The van der Waals surface area contributed by atoms with Gasteiger partial charge in [-0.3, -0.25) is 9.59 Å². The minimum Gasteiger partial charge on any atom is -0.343 e. The molecule has 0 aliphatic carbocycles. The van der Waals surface area contributed by atoms with Gasteiger partial charge >= 0.3 is 0 Å². The first kappa shape index (κ1) is 20.5. The normalized spacial score (nSPS) is 15.0. The molecular formula is C17H23ClF2N2O2. The van der Waals surface area contributed by atoms with E-state index in [0.717, 1.165) is 31.5 Å². The van der Waals surface area contributed by atoms with E-state index in [4.69, 9.17) is 0 Å². The first-order chi connectivity index (χ1) is 11.0. The molecule has 4 nitrogen and oxygen atoms in total. The summed E-state index contributed by atoms with van der Waals surface area (Å²) in [5.41, 5.74) is 0.101. The molecule has 1 aliphatic heterocycles. The highest BCUT2D eigenvalue weighted by Gasteiger charge is 2.22. The van der Waals surface area contributed by atoms with Crippen LogP contribution < -0.4 is 5.32 Å². The van der Waals surface area contributed by atoms with E-state index < -0.39 is 11.6 Å². The molecule has 0 bridgehead atoms. The van der Waals surface area contributed by atoms with Crippen molar-refractivity contribution in [3.8, 4) is 0 Å². The number of carbonyl (C=O) groups is 2. The third-order valence-corrected chi connectivity index (χ3v) is 4.27. The number of hydrogen-bond acceptors (Lipinski definition) is 3. The van der Waals surface area contributed by atoms with Gasteiger partial charge in [0.05, 0.1) is 0 Å². The van der Waals surface area contributed by atoms with E-state index in [-0.39, 0.29) is 42.5 Å². The zero-order valence-electron chi connectivity index (χ0n) is 13.7. The topological polar surface area (TPSA) is 49.4 Å². The van der Waals surface area contributed by atoms with Crippen molar-refractivity contribution in [2.24, 2.45) is 5.92 Å². The number of amides is 1. The molecule has 1 saturated heterocycles. The second-order valence-electron chi connectivity index (χ2n) is 5.93. The monoisotopic (exact) mass is 360 g/mol. The Bertz CT molecular complexity index is 576. The second kappa shape index (κ2) is 9.69. The van der Waals surface area contributed by atoms with Gasteiger partial charge < -0.3 is 10.2 Å². The van der Waals surface area contributed by atoms with E-state index in [0.29, 0.717) is 19.0 Å². The maximum absolute atomic E-state index is 13.1. The van der Waals surface area contributed by atoms with Crippen LogP contribution in [0.25, 0.3) is 0 Å². The van der Waals surface area contributed by atoms with Gasteiger partial charge in [0.25, 0.3) is 0 Å². The fraction of sp³-hybridized carbons (Fsp3) is 0.529. The largest absolute Gasteiger partial charge is 0.343 e. The number of carbonyl (C=O) groups excluding carboxylic acids is 2. The molecule has 0 saturated carbocycles. The number of Topliss-reactive ketones (excluding diaryl/α,β-unsaturated/α-hetero) is 1. The lowest BCUT2D eigenvalue weighted by molar-refractivity contribution is -0.132. The van der Waals surface area contributed by atoms with Crippen LogP contribution in [0.3, 0.4) is 0 Å². The number of piperidine rings is 1. The average Bonchev–Trinajstić information content (AvgIpc) is 2.56. The van der Waals surface area contributed by atoms with Gasteiger partial charge in [-0.2, -0.15) is 0 Å². The quantitative estimate of drug-likeness (QED) is 0.794. The van der Waals surface area contributed by atoms with E-state index in [2.05, 4.69) is 5.32 Å². The highest BCUT2D eigenvalue weighted by atomic mass is 35.5. The van der Waals surface area contributed by atoms with E-state index in [1.165, 1.54) is 6.07 Å². The summed E-state index contributed by atoms with van der Waals surface area (Å²) >= 11 is 0. The van der Waals surface area contributed by atoms with Crippen molar-refractivity contribution in [3.05, 3.63) is 35.4 Å². The SMILES string of the molecule is CNCC1CCN(C(=O)CCC(=O)c2ccc(F)c(F)c2)CC1.Cl. The molecule has 1 aliphatic rings. The highest BCUT2D eigenvalue weighted by molar-refractivity contribution is 5.97. The standard InChI is InChI=1S/C17H22F2N2O2.ClH/c1-20-11-12-6-8-21(9-7-12)17(23)5-4-16(22)13-2-3-14(18)15(19)10-13;/h2-3,10,12,20H,4-9,11H2,1H3;1H. The van der Waals surface area contributed by atoms with Gasteiger partial charge in [-0.1, -0.05) is 0 Å². The van der Waals surface area contributed by atoms with Crippen LogP contribution in [-0.4, -0.2) is 43.3 Å². The molecule has 1 heterocycles. The van der Waals surface area contributed by atoms with Crippen LogP contribution in [0.15, 0.2) is 18.2 Å². The highest BCUT2D eigenvalue weighted by Crippen LogP contribution is 2.18. The molecule has 1 amide bonds. The smallest absolute Gasteiger partial charge is 0.223 e. The number of benzene rings is 1. The molecule has 1 N–H and O–H groups in total. The van der Waals surface area contributed by atoms with Gasteiger partial charge in [0.1, 0.15) is 0 Å². The minimum atomic E-state index is -1.05. The third kappa shape index (κ3) is 5.53. The predicted octanol–water partition coefficient (Wildman–Crippen LogP) is 2.81. The number of ketones is 1. The van der Waals surface area contributed by atoms with Crippen molar-refractivity contribution >= 4 is 24.1 Å². The van der Waals surface area contributed by atoms with Crippen LogP contribution >= 0.6 is 12.4 Å². The third-order valence-electron chi connectivity index (χ3n) is 4.27. The van der Waals surface area contributed by atoms with Gasteiger partial charge in [0.2, 0.25) is 5.91 Å².